The Balaban J connectivity index is 2.73. The Hall–Kier alpha value is -1.20. The van der Waals surface area contributed by atoms with Crippen LogP contribution >= 0.6 is 11.3 Å². The molecule has 98 valence electrons. The number of hydrogen-bond donors (Lipinski definition) is 1. The Morgan fingerprint density at radius 1 is 1.50 bits per heavy atom. The molecule has 4 nitrogen and oxygen atoms in total. The molecule has 0 aliphatic carbocycles. The van der Waals surface area contributed by atoms with Crippen LogP contribution in [0.25, 0.3) is 10.2 Å². The van der Waals surface area contributed by atoms with Gasteiger partial charge in [-0.1, -0.05) is 13.8 Å². The quantitative estimate of drug-likeness (QED) is 0.923. The second-order valence-electron chi connectivity index (χ2n) is 4.37. The molecule has 5 heteroatoms. The average molecular weight is 266 g/mol. The van der Waals surface area contributed by atoms with Gasteiger partial charge in [0.1, 0.15) is 4.83 Å². The van der Waals surface area contributed by atoms with Gasteiger partial charge in [-0.15, -0.1) is 11.3 Å². The maximum atomic E-state index is 12.5. The number of aromatic nitrogens is 2. The highest BCUT2D eigenvalue weighted by Crippen LogP contribution is 2.27. The van der Waals surface area contributed by atoms with Gasteiger partial charge in [0.05, 0.1) is 24.4 Å². The van der Waals surface area contributed by atoms with Crippen molar-refractivity contribution < 1.29 is 5.11 Å². The Bertz CT molecular complexity index is 611. The molecule has 2 aromatic heterocycles. The van der Waals surface area contributed by atoms with Gasteiger partial charge in [-0.3, -0.25) is 9.36 Å². The summed E-state index contributed by atoms with van der Waals surface area (Å²) in [5.74, 6) is 0. The molecule has 0 aromatic carbocycles. The van der Waals surface area contributed by atoms with Gasteiger partial charge in [-0.2, -0.15) is 0 Å². The van der Waals surface area contributed by atoms with Crippen molar-refractivity contribution >= 4 is 21.6 Å². The molecular formula is C13H18N2O2S. The normalized spacial score (nSPS) is 13.1. The topological polar surface area (TPSA) is 55.1 Å². The van der Waals surface area contributed by atoms with E-state index in [-0.39, 0.29) is 18.2 Å². The van der Waals surface area contributed by atoms with E-state index < -0.39 is 0 Å². The van der Waals surface area contributed by atoms with E-state index in [0.29, 0.717) is 6.42 Å². The molecule has 0 bridgehead atoms. The molecule has 2 heterocycles. The van der Waals surface area contributed by atoms with Crippen LogP contribution in [0.15, 0.2) is 11.1 Å². The molecule has 1 atom stereocenters. The number of nitrogens with zero attached hydrogens (tertiary/aromatic N) is 2. The molecule has 0 aliphatic heterocycles. The van der Waals surface area contributed by atoms with E-state index in [2.05, 4.69) is 11.9 Å². The first-order valence-electron chi connectivity index (χ1n) is 6.23. The highest BCUT2D eigenvalue weighted by Gasteiger charge is 2.17. The fraction of sp³-hybridized carbons (Fsp3) is 0.538. The minimum Gasteiger partial charge on any atom is -0.394 e. The third-order valence-corrected chi connectivity index (χ3v) is 4.42. The highest BCUT2D eigenvalue weighted by atomic mass is 32.1. The monoisotopic (exact) mass is 266 g/mol. The minimum absolute atomic E-state index is 0.0258. The number of aliphatic hydroxyl groups excluding tert-OH is 1. The summed E-state index contributed by atoms with van der Waals surface area (Å²) in [4.78, 5) is 18.8. The van der Waals surface area contributed by atoms with Gasteiger partial charge < -0.3 is 5.11 Å². The van der Waals surface area contributed by atoms with Crippen LogP contribution in [-0.2, 0) is 6.42 Å². The van der Waals surface area contributed by atoms with Crippen molar-refractivity contribution in [2.45, 2.75) is 39.7 Å². The van der Waals surface area contributed by atoms with Gasteiger partial charge in [-0.05, 0) is 25.3 Å². The van der Waals surface area contributed by atoms with Gasteiger partial charge >= 0.3 is 0 Å². The summed E-state index contributed by atoms with van der Waals surface area (Å²) in [6.45, 7) is 6.00. The number of rotatable bonds is 4. The molecule has 0 radical (unpaired) electrons. The third kappa shape index (κ3) is 1.97. The summed E-state index contributed by atoms with van der Waals surface area (Å²) < 4.78 is 1.56. The number of thiophene rings is 1. The zero-order chi connectivity index (χ0) is 13.3. The summed E-state index contributed by atoms with van der Waals surface area (Å²) in [5.41, 5.74) is 1.07. The molecular weight excluding hydrogens is 248 g/mol. The van der Waals surface area contributed by atoms with Crippen LogP contribution < -0.4 is 5.56 Å². The van der Waals surface area contributed by atoms with Gasteiger partial charge in [0.25, 0.3) is 5.56 Å². The van der Waals surface area contributed by atoms with Crippen molar-refractivity contribution in [3.63, 3.8) is 0 Å². The number of hydrogen-bond acceptors (Lipinski definition) is 4. The number of fused-ring (bicyclic) bond motifs is 1. The summed E-state index contributed by atoms with van der Waals surface area (Å²) in [6.07, 6.45) is 3.11. The van der Waals surface area contributed by atoms with E-state index >= 15 is 0 Å². The van der Waals surface area contributed by atoms with Crippen molar-refractivity contribution in [3.05, 3.63) is 27.1 Å². The molecule has 2 rings (SSSR count). The van der Waals surface area contributed by atoms with Crippen molar-refractivity contribution in [1.29, 1.82) is 0 Å². The second-order valence-corrected chi connectivity index (χ2v) is 5.58. The summed E-state index contributed by atoms with van der Waals surface area (Å²) in [6, 6.07) is -0.181. The molecule has 0 saturated carbocycles. The lowest BCUT2D eigenvalue weighted by Gasteiger charge is -2.14. The van der Waals surface area contributed by atoms with E-state index in [9.17, 15) is 9.90 Å². The van der Waals surface area contributed by atoms with Crippen LogP contribution in [-0.4, -0.2) is 21.3 Å². The van der Waals surface area contributed by atoms with Gasteiger partial charge in [0.15, 0.2) is 0 Å². The zero-order valence-electron chi connectivity index (χ0n) is 10.9. The lowest BCUT2D eigenvalue weighted by molar-refractivity contribution is 0.221. The second kappa shape index (κ2) is 5.20. The standard InChI is InChI=1S/C13H18N2O2S/c1-4-9(6-16)15-7-14-12-11(13(15)17)10(5-2)8(3)18-12/h7,9,16H,4-6H2,1-3H3/t9-/m0/s1. The minimum atomic E-state index is -0.181. The first kappa shape index (κ1) is 13.2. The SMILES string of the molecule is CCc1c(C)sc2ncn([C@@H](CC)CO)c(=O)c12. The van der Waals surface area contributed by atoms with Crippen LogP contribution in [0.2, 0.25) is 0 Å². The van der Waals surface area contributed by atoms with E-state index in [1.807, 2.05) is 13.8 Å². The summed E-state index contributed by atoms with van der Waals surface area (Å²) in [7, 11) is 0. The summed E-state index contributed by atoms with van der Waals surface area (Å²) in [5, 5.41) is 10.1. The van der Waals surface area contributed by atoms with Crippen LogP contribution in [0.1, 0.15) is 36.8 Å². The van der Waals surface area contributed by atoms with E-state index in [0.717, 1.165) is 27.1 Å². The van der Waals surface area contributed by atoms with Crippen LogP contribution in [0.5, 0.6) is 0 Å². The Morgan fingerprint density at radius 3 is 2.78 bits per heavy atom. The van der Waals surface area contributed by atoms with Gasteiger partial charge in [-0.25, -0.2) is 4.98 Å². The smallest absolute Gasteiger partial charge is 0.262 e. The Morgan fingerprint density at radius 2 is 2.22 bits per heavy atom. The van der Waals surface area contributed by atoms with E-state index in [4.69, 9.17) is 0 Å². The predicted octanol–water partition coefficient (Wildman–Crippen LogP) is 2.27. The number of aliphatic hydroxyl groups is 1. The Kier molecular flexibility index (Phi) is 3.82. The first-order valence-corrected chi connectivity index (χ1v) is 7.05. The van der Waals surface area contributed by atoms with Crippen molar-refractivity contribution in [2.24, 2.45) is 0 Å². The molecule has 0 saturated heterocycles. The number of aryl methyl sites for hydroxylation is 2. The van der Waals surface area contributed by atoms with Gasteiger partial charge in [0.2, 0.25) is 0 Å². The molecule has 0 unspecified atom stereocenters. The van der Waals surface area contributed by atoms with Crippen LogP contribution in [0.3, 0.4) is 0 Å². The maximum Gasteiger partial charge on any atom is 0.262 e. The fourth-order valence-corrected chi connectivity index (χ4v) is 3.34. The van der Waals surface area contributed by atoms with Gasteiger partial charge in [0, 0.05) is 4.88 Å². The van der Waals surface area contributed by atoms with Crippen LogP contribution in [0, 0.1) is 6.92 Å². The maximum absolute atomic E-state index is 12.5. The van der Waals surface area contributed by atoms with Crippen molar-refractivity contribution in [1.82, 2.24) is 9.55 Å². The summed E-state index contributed by atoms with van der Waals surface area (Å²) >= 11 is 1.57. The lowest BCUT2D eigenvalue weighted by Crippen LogP contribution is -2.27. The molecule has 0 aliphatic rings. The average Bonchev–Trinajstić information content (AvgIpc) is 2.69. The molecule has 0 spiro atoms. The highest BCUT2D eigenvalue weighted by molar-refractivity contribution is 7.18. The first-order chi connectivity index (χ1) is 8.63. The van der Waals surface area contributed by atoms with Crippen LogP contribution in [0.4, 0.5) is 0 Å². The zero-order valence-corrected chi connectivity index (χ0v) is 11.8. The lowest BCUT2D eigenvalue weighted by atomic mass is 10.1. The predicted molar refractivity (Wildman–Crippen MR) is 74.4 cm³/mol. The molecule has 0 amide bonds. The van der Waals surface area contributed by atoms with E-state index in [1.165, 1.54) is 0 Å². The Labute approximate surface area is 110 Å². The third-order valence-electron chi connectivity index (χ3n) is 3.37. The van der Waals surface area contributed by atoms with Crippen molar-refractivity contribution in [3.8, 4) is 0 Å². The van der Waals surface area contributed by atoms with Crippen molar-refractivity contribution in [2.75, 3.05) is 6.61 Å². The molecule has 18 heavy (non-hydrogen) atoms. The molecule has 0 fully saturated rings. The van der Waals surface area contributed by atoms with E-state index in [1.54, 1.807) is 22.2 Å². The molecule has 2 aromatic rings. The largest absolute Gasteiger partial charge is 0.394 e. The molecule has 1 N–H and O–H groups in total. The fourth-order valence-electron chi connectivity index (χ4n) is 2.27.